The summed E-state index contributed by atoms with van der Waals surface area (Å²) in [4.78, 5) is 10.4. The van der Waals surface area contributed by atoms with Crippen LogP contribution in [0.25, 0.3) is 0 Å². The van der Waals surface area contributed by atoms with E-state index in [-0.39, 0.29) is 30.5 Å². The second-order valence-electron chi connectivity index (χ2n) is 7.43. The van der Waals surface area contributed by atoms with Gasteiger partial charge < -0.3 is 15.3 Å². The van der Waals surface area contributed by atoms with Crippen molar-refractivity contribution in [3.8, 4) is 11.8 Å². The van der Waals surface area contributed by atoms with Gasteiger partial charge in [0.1, 0.15) is 0 Å². The Labute approximate surface area is 158 Å². The van der Waals surface area contributed by atoms with E-state index in [2.05, 4.69) is 24.8 Å². The van der Waals surface area contributed by atoms with Crippen molar-refractivity contribution >= 4 is 5.97 Å². The van der Waals surface area contributed by atoms with Crippen molar-refractivity contribution in [2.24, 2.45) is 11.8 Å². The van der Waals surface area contributed by atoms with Crippen molar-refractivity contribution in [2.75, 3.05) is 0 Å². The van der Waals surface area contributed by atoms with E-state index in [0.29, 0.717) is 19.3 Å². The maximum Gasteiger partial charge on any atom is 0.303 e. The van der Waals surface area contributed by atoms with Crippen LogP contribution in [0.3, 0.4) is 0 Å². The van der Waals surface area contributed by atoms with Gasteiger partial charge in [0.15, 0.2) is 0 Å². The number of aliphatic hydroxyl groups excluding tert-OH is 2. The molecule has 0 heterocycles. The third-order valence-corrected chi connectivity index (χ3v) is 5.18. The first-order valence-corrected chi connectivity index (χ1v) is 10.3. The fourth-order valence-electron chi connectivity index (χ4n) is 3.52. The van der Waals surface area contributed by atoms with Gasteiger partial charge in [-0.2, -0.15) is 0 Å². The largest absolute Gasteiger partial charge is 0.481 e. The average molecular weight is 365 g/mol. The quantitative estimate of drug-likeness (QED) is 0.274. The van der Waals surface area contributed by atoms with Crippen LogP contribution in [0, 0.1) is 23.7 Å². The van der Waals surface area contributed by atoms with Crippen LogP contribution in [0.4, 0.5) is 0 Å². The first-order chi connectivity index (χ1) is 12.5. The first kappa shape index (κ1) is 22.7. The lowest BCUT2D eigenvalue weighted by Gasteiger charge is -2.17. The second kappa shape index (κ2) is 13.8. The summed E-state index contributed by atoms with van der Waals surface area (Å²) in [5.41, 5.74) is 0. The van der Waals surface area contributed by atoms with E-state index >= 15 is 0 Å². The molecule has 0 spiro atoms. The van der Waals surface area contributed by atoms with Crippen LogP contribution >= 0.6 is 0 Å². The normalized spacial score (nSPS) is 23.7. The molecule has 0 aromatic heterocycles. The van der Waals surface area contributed by atoms with Crippen molar-refractivity contribution < 1.29 is 20.1 Å². The van der Waals surface area contributed by atoms with Crippen molar-refractivity contribution in [1.82, 2.24) is 0 Å². The second-order valence-corrected chi connectivity index (χ2v) is 7.43. The van der Waals surface area contributed by atoms with Gasteiger partial charge in [0.05, 0.1) is 12.2 Å². The molecular weight excluding hydrogens is 328 g/mol. The molecule has 3 N–H and O–H groups in total. The Balaban J connectivity index is 2.32. The van der Waals surface area contributed by atoms with E-state index in [1.807, 2.05) is 6.08 Å². The molecule has 1 saturated carbocycles. The molecule has 4 heteroatoms. The molecule has 4 nitrogen and oxygen atoms in total. The van der Waals surface area contributed by atoms with Gasteiger partial charge in [0.25, 0.3) is 0 Å². The Hall–Kier alpha value is -1.31. The summed E-state index contributed by atoms with van der Waals surface area (Å²) in [7, 11) is 0. The predicted molar refractivity (Wildman–Crippen MR) is 105 cm³/mol. The fraction of sp³-hybridized carbons (Fsp3) is 0.773. The molecule has 0 aliphatic heterocycles. The highest BCUT2D eigenvalue weighted by Gasteiger charge is 2.32. The Bertz CT molecular complexity index is 474. The average Bonchev–Trinajstić information content (AvgIpc) is 2.96. The predicted octanol–water partition coefficient (Wildman–Crippen LogP) is 4.30. The molecule has 0 aromatic carbocycles. The summed E-state index contributed by atoms with van der Waals surface area (Å²) < 4.78 is 0. The summed E-state index contributed by atoms with van der Waals surface area (Å²) in [6.45, 7) is 2.18. The van der Waals surface area contributed by atoms with Crippen LogP contribution < -0.4 is 0 Å². The van der Waals surface area contributed by atoms with Crippen LogP contribution in [0.5, 0.6) is 0 Å². The number of hydrogen-bond acceptors (Lipinski definition) is 3. The molecule has 1 aliphatic carbocycles. The topological polar surface area (TPSA) is 77.8 Å². The Morgan fingerprint density at radius 3 is 2.69 bits per heavy atom. The zero-order valence-electron chi connectivity index (χ0n) is 16.2. The SMILES string of the molecule is CCCCCCC(O)C=CC1CCC(O)C1CC#CCCCCC(=O)O. The lowest BCUT2D eigenvalue weighted by atomic mass is 9.91. The lowest BCUT2D eigenvalue weighted by molar-refractivity contribution is -0.137. The zero-order valence-corrected chi connectivity index (χ0v) is 16.2. The molecule has 26 heavy (non-hydrogen) atoms. The highest BCUT2D eigenvalue weighted by Crippen LogP contribution is 2.35. The van der Waals surface area contributed by atoms with Gasteiger partial charge in [-0.05, 0) is 38.0 Å². The molecule has 0 amide bonds. The lowest BCUT2D eigenvalue weighted by Crippen LogP contribution is -2.17. The number of aliphatic carboxylic acids is 1. The number of allylic oxidation sites excluding steroid dienone is 1. The van der Waals surface area contributed by atoms with Crippen molar-refractivity contribution in [1.29, 1.82) is 0 Å². The maximum atomic E-state index is 10.4. The third-order valence-electron chi connectivity index (χ3n) is 5.18. The molecule has 0 aromatic rings. The number of unbranched alkanes of at least 4 members (excludes halogenated alkanes) is 5. The van der Waals surface area contributed by atoms with Gasteiger partial charge in [-0.1, -0.05) is 44.8 Å². The molecule has 1 aliphatic rings. The van der Waals surface area contributed by atoms with Gasteiger partial charge in [0, 0.05) is 25.2 Å². The Morgan fingerprint density at radius 2 is 1.96 bits per heavy atom. The van der Waals surface area contributed by atoms with Crippen LogP contribution in [0.2, 0.25) is 0 Å². The standard InChI is InChI=1S/C22H36O4/c1-2-3-4-8-11-19(23)16-14-18-15-17-21(24)20(18)12-9-6-5-7-10-13-22(25)26/h14,16,18-21,23-24H,2-5,7-8,10-13,15,17H2,1H3,(H,25,26). The first-order valence-electron chi connectivity index (χ1n) is 10.3. The van der Waals surface area contributed by atoms with Crippen molar-refractivity contribution in [3.63, 3.8) is 0 Å². The molecule has 0 radical (unpaired) electrons. The maximum absolute atomic E-state index is 10.4. The van der Waals surface area contributed by atoms with E-state index in [1.54, 1.807) is 0 Å². The van der Waals surface area contributed by atoms with E-state index in [4.69, 9.17) is 5.11 Å². The Morgan fingerprint density at radius 1 is 1.15 bits per heavy atom. The smallest absolute Gasteiger partial charge is 0.303 e. The van der Waals surface area contributed by atoms with Crippen LogP contribution in [0.1, 0.15) is 84.0 Å². The molecular formula is C22H36O4. The molecule has 4 atom stereocenters. The summed E-state index contributed by atoms with van der Waals surface area (Å²) >= 11 is 0. The van der Waals surface area contributed by atoms with Crippen molar-refractivity contribution in [2.45, 2.75) is 96.2 Å². The highest BCUT2D eigenvalue weighted by molar-refractivity contribution is 5.66. The highest BCUT2D eigenvalue weighted by atomic mass is 16.4. The number of carbonyl (C=O) groups is 1. The molecule has 0 bridgehead atoms. The van der Waals surface area contributed by atoms with Gasteiger partial charge in [-0.25, -0.2) is 0 Å². The summed E-state index contributed by atoms with van der Waals surface area (Å²) in [6, 6.07) is 0. The third kappa shape index (κ3) is 9.99. The molecule has 148 valence electrons. The number of rotatable bonds is 12. The molecule has 1 rings (SSSR count). The zero-order chi connectivity index (χ0) is 19.2. The monoisotopic (exact) mass is 364 g/mol. The summed E-state index contributed by atoms with van der Waals surface area (Å²) in [5, 5.41) is 28.9. The molecule has 4 unspecified atom stereocenters. The van der Waals surface area contributed by atoms with Crippen molar-refractivity contribution in [3.05, 3.63) is 12.2 Å². The van der Waals surface area contributed by atoms with Gasteiger partial charge in [-0.15, -0.1) is 11.8 Å². The number of carboxylic acid groups (broad SMARTS) is 1. The minimum atomic E-state index is -0.755. The Kier molecular flexibility index (Phi) is 12.1. The van der Waals surface area contributed by atoms with E-state index in [1.165, 1.54) is 19.3 Å². The number of hydrogen-bond donors (Lipinski definition) is 3. The van der Waals surface area contributed by atoms with Crippen LogP contribution in [0.15, 0.2) is 12.2 Å². The molecule has 1 fully saturated rings. The fourth-order valence-corrected chi connectivity index (χ4v) is 3.52. The van der Waals surface area contributed by atoms with E-state index in [0.717, 1.165) is 32.1 Å². The summed E-state index contributed by atoms with van der Waals surface area (Å²) in [5.74, 6) is 5.94. The summed E-state index contributed by atoms with van der Waals surface area (Å²) in [6.07, 6.45) is 13.6. The van der Waals surface area contributed by atoms with Crippen LogP contribution in [-0.4, -0.2) is 33.5 Å². The van der Waals surface area contributed by atoms with E-state index < -0.39 is 5.97 Å². The minimum Gasteiger partial charge on any atom is -0.481 e. The van der Waals surface area contributed by atoms with Gasteiger partial charge in [-0.3, -0.25) is 4.79 Å². The van der Waals surface area contributed by atoms with Gasteiger partial charge in [0.2, 0.25) is 0 Å². The minimum absolute atomic E-state index is 0.144. The van der Waals surface area contributed by atoms with Gasteiger partial charge >= 0.3 is 5.97 Å². The van der Waals surface area contributed by atoms with Crippen LogP contribution in [-0.2, 0) is 4.79 Å². The number of carboxylic acids is 1. The van der Waals surface area contributed by atoms with E-state index in [9.17, 15) is 15.0 Å². The number of aliphatic hydroxyl groups is 2. The molecule has 0 saturated heterocycles.